The first kappa shape index (κ1) is 14.9. The number of benzene rings is 1. The molecule has 4 heteroatoms. The van der Waals surface area contributed by atoms with E-state index in [1.807, 2.05) is 17.0 Å². The molecule has 0 saturated carbocycles. The summed E-state index contributed by atoms with van der Waals surface area (Å²) in [5, 5.41) is 9.26. The van der Waals surface area contributed by atoms with Gasteiger partial charge in [0.15, 0.2) is 0 Å². The fraction of sp³-hybridized carbons (Fsp3) is 0.562. The molecule has 20 heavy (non-hydrogen) atoms. The van der Waals surface area contributed by atoms with Gasteiger partial charge in [-0.3, -0.25) is 4.79 Å². The third-order valence-corrected chi connectivity index (χ3v) is 4.09. The molecule has 0 bridgehead atoms. The Kier molecular flexibility index (Phi) is 5.01. The molecule has 2 atom stereocenters. The van der Waals surface area contributed by atoms with Crippen molar-refractivity contribution in [1.82, 2.24) is 4.90 Å². The molecule has 0 aliphatic carbocycles. The zero-order chi connectivity index (χ0) is 14.5. The summed E-state index contributed by atoms with van der Waals surface area (Å²) >= 11 is 0. The van der Waals surface area contributed by atoms with Gasteiger partial charge in [0, 0.05) is 12.6 Å². The number of phenols is 1. The number of piperidine rings is 1. The van der Waals surface area contributed by atoms with Crippen molar-refractivity contribution >= 4 is 5.91 Å². The number of nitrogens with two attached hydrogens (primary N) is 1. The van der Waals surface area contributed by atoms with Gasteiger partial charge < -0.3 is 15.7 Å². The number of phenolic OH excluding ortho intramolecular Hbond substituents is 1. The van der Waals surface area contributed by atoms with Crippen LogP contribution in [-0.4, -0.2) is 34.5 Å². The van der Waals surface area contributed by atoms with Crippen molar-refractivity contribution < 1.29 is 9.90 Å². The van der Waals surface area contributed by atoms with Crippen LogP contribution in [0.25, 0.3) is 0 Å². The Morgan fingerprint density at radius 2 is 2.10 bits per heavy atom. The quantitative estimate of drug-likeness (QED) is 0.884. The highest BCUT2D eigenvalue weighted by Gasteiger charge is 2.28. The summed E-state index contributed by atoms with van der Waals surface area (Å²) in [6, 6.07) is 6.74. The van der Waals surface area contributed by atoms with Crippen molar-refractivity contribution in [1.29, 1.82) is 0 Å². The average molecular weight is 276 g/mol. The second-order valence-corrected chi connectivity index (χ2v) is 5.57. The number of hydrogen-bond donors (Lipinski definition) is 2. The van der Waals surface area contributed by atoms with E-state index in [0.717, 1.165) is 31.4 Å². The first-order valence-electron chi connectivity index (χ1n) is 7.45. The molecule has 1 aliphatic heterocycles. The highest BCUT2D eigenvalue weighted by Crippen LogP contribution is 2.21. The van der Waals surface area contributed by atoms with E-state index in [4.69, 9.17) is 5.73 Å². The van der Waals surface area contributed by atoms with Gasteiger partial charge >= 0.3 is 0 Å². The number of rotatable bonds is 4. The minimum atomic E-state index is -0.494. The fourth-order valence-electron chi connectivity index (χ4n) is 2.90. The Hall–Kier alpha value is -1.55. The second-order valence-electron chi connectivity index (χ2n) is 5.57. The number of nitrogens with zero attached hydrogens (tertiary/aromatic N) is 1. The fourth-order valence-corrected chi connectivity index (χ4v) is 2.90. The van der Waals surface area contributed by atoms with Crippen LogP contribution in [0.5, 0.6) is 5.75 Å². The van der Waals surface area contributed by atoms with Crippen LogP contribution in [0.3, 0.4) is 0 Å². The Balaban J connectivity index is 1.98. The van der Waals surface area contributed by atoms with E-state index in [9.17, 15) is 9.90 Å². The van der Waals surface area contributed by atoms with Crippen LogP contribution in [0.15, 0.2) is 24.3 Å². The smallest absolute Gasteiger partial charge is 0.240 e. The number of hydrogen-bond acceptors (Lipinski definition) is 3. The van der Waals surface area contributed by atoms with Crippen LogP contribution >= 0.6 is 0 Å². The van der Waals surface area contributed by atoms with Gasteiger partial charge in [-0.25, -0.2) is 0 Å². The largest absolute Gasteiger partial charge is 0.508 e. The van der Waals surface area contributed by atoms with Crippen LogP contribution in [-0.2, 0) is 11.2 Å². The van der Waals surface area contributed by atoms with E-state index in [0.29, 0.717) is 12.5 Å². The summed E-state index contributed by atoms with van der Waals surface area (Å²) in [6.07, 6.45) is 4.89. The van der Waals surface area contributed by atoms with Gasteiger partial charge in [0.2, 0.25) is 5.91 Å². The van der Waals surface area contributed by atoms with Gasteiger partial charge in [-0.15, -0.1) is 0 Å². The van der Waals surface area contributed by atoms with Crippen molar-refractivity contribution in [2.24, 2.45) is 5.73 Å². The van der Waals surface area contributed by atoms with Gasteiger partial charge in [-0.05, 0) is 49.8 Å². The average Bonchev–Trinajstić information content (AvgIpc) is 2.48. The van der Waals surface area contributed by atoms with Crippen LogP contribution in [0, 0.1) is 0 Å². The Bertz CT molecular complexity index is 444. The molecule has 1 saturated heterocycles. The lowest BCUT2D eigenvalue weighted by molar-refractivity contribution is -0.136. The first-order chi connectivity index (χ1) is 9.61. The molecular formula is C16H24N2O2. The standard InChI is InChI=1S/C16H24N2O2/c1-2-13-5-3-4-10-18(13)16(20)15(17)11-12-6-8-14(19)9-7-12/h6-9,13,15,19H,2-5,10-11,17H2,1H3/t13?,15-/m0/s1. The van der Waals surface area contributed by atoms with Crippen LogP contribution < -0.4 is 5.73 Å². The summed E-state index contributed by atoms with van der Waals surface area (Å²) in [5.41, 5.74) is 7.06. The zero-order valence-corrected chi connectivity index (χ0v) is 12.1. The van der Waals surface area contributed by atoms with Gasteiger partial charge in [0.1, 0.15) is 5.75 Å². The lowest BCUT2D eigenvalue weighted by atomic mass is 9.97. The predicted octanol–water partition coefficient (Wildman–Crippen LogP) is 2.05. The molecular weight excluding hydrogens is 252 g/mol. The van der Waals surface area contributed by atoms with E-state index in [1.54, 1.807) is 12.1 Å². The van der Waals surface area contributed by atoms with Gasteiger partial charge in [-0.2, -0.15) is 0 Å². The maximum absolute atomic E-state index is 12.5. The van der Waals surface area contributed by atoms with Crippen molar-refractivity contribution in [2.75, 3.05) is 6.54 Å². The van der Waals surface area contributed by atoms with Crippen molar-refractivity contribution in [3.05, 3.63) is 29.8 Å². The number of likely N-dealkylation sites (tertiary alicyclic amines) is 1. The summed E-state index contributed by atoms with van der Waals surface area (Å²) in [4.78, 5) is 14.5. The molecule has 0 aromatic heterocycles. The second kappa shape index (κ2) is 6.75. The number of carbonyl (C=O) groups is 1. The van der Waals surface area contributed by atoms with Crippen molar-refractivity contribution in [2.45, 2.75) is 51.1 Å². The van der Waals surface area contributed by atoms with E-state index in [-0.39, 0.29) is 11.7 Å². The maximum atomic E-state index is 12.5. The normalized spacial score (nSPS) is 20.7. The summed E-state index contributed by atoms with van der Waals surface area (Å²) in [7, 11) is 0. The van der Waals surface area contributed by atoms with Crippen LogP contribution in [0.2, 0.25) is 0 Å². The molecule has 1 fully saturated rings. The molecule has 1 heterocycles. The molecule has 0 spiro atoms. The van der Waals surface area contributed by atoms with E-state index in [1.165, 1.54) is 6.42 Å². The summed E-state index contributed by atoms with van der Waals surface area (Å²) in [5.74, 6) is 0.292. The molecule has 110 valence electrons. The third kappa shape index (κ3) is 3.51. The highest BCUT2D eigenvalue weighted by atomic mass is 16.3. The van der Waals surface area contributed by atoms with Crippen molar-refractivity contribution in [3.8, 4) is 5.75 Å². The lowest BCUT2D eigenvalue weighted by Crippen LogP contribution is -2.51. The molecule has 4 nitrogen and oxygen atoms in total. The van der Waals surface area contributed by atoms with Gasteiger partial charge in [0.25, 0.3) is 0 Å². The molecule has 0 radical (unpaired) electrons. The number of carbonyl (C=O) groups excluding carboxylic acids is 1. The number of amides is 1. The van der Waals surface area contributed by atoms with E-state index < -0.39 is 6.04 Å². The molecule has 2 rings (SSSR count). The van der Waals surface area contributed by atoms with E-state index in [2.05, 4.69) is 6.92 Å². The lowest BCUT2D eigenvalue weighted by Gasteiger charge is -2.36. The third-order valence-electron chi connectivity index (χ3n) is 4.09. The topological polar surface area (TPSA) is 66.6 Å². The monoisotopic (exact) mass is 276 g/mol. The molecule has 1 aromatic rings. The Morgan fingerprint density at radius 1 is 1.40 bits per heavy atom. The summed E-state index contributed by atoms with van der Waals surface area (Å²) < 4.78 is 0. The first-order valence-corrected chi connectivity index (χ1v) is 7.45. The Morgan fingerprint density at radius 3 is 2.75 bits per heavy atom. The molecule has 1 unspecified atom stereocenters. The van der Waals surface area contributed by atoms with Crippen LogP contribution in [0.1, 0.15) is 38.2 Å². The molecule has 1 aliphatic rings. The number of aromatic hydroxyl groups is 1. The molecule has 1 amide bonds. The van der Waals surface area contributed by atoms with Crippen molar-refractivity contribution in [3.63, 3.8) is 0 Å². The maximum Gasteiger partial charge on any atom is 0.240 e. The van der Waals surface area contributed by atoms with Gasteiger partial charge in [-0.1, -0.05) is 19.1 Å². The minimum absolute atomic E-state index is 0.0598. The van der Waals surface area contributed by atoms with Crippen LogP contribution in [0.4, 0.5) is 0 Å². The predicted molar refractivity (Wildman–Crippen MR) is 79.4 cm³/mol. The SMILES string of the molecule is CCC1CCCCN1C(=O)[C@@H](N)Cc1ccc(O)cc1. The zero-order valence-electron chi connectivity index (χ0n) is 12.1. The summed E-state index contributed by atoms with van der Waals surface area (Å²) in [6.45, 7) is 2.96. The minimum Gasteiger partial charge on any atom is -0.508 e. The molecule has 1 aromatic carbocycles. The van der Waals surface area contributed by atoms with E-state index >= 15 is 0 Å². The van der Waals surface area contributed by atoms with Gasteiger partial charge in [0.05, 0.1) is 6.04 Å². The highest BCUT2D eigenvalue weighted by molar-refractivity contribution is 5.82. The Labute approximate surface area is 120 Å². The molecule has 3 N–H and O–H groups in total.